The van der Waals surface area contributed by atoms with Gasteiger partial charge in [-0.1, -0.05) is 5.16 Å². The maximum absolute atomic E-state index is 11.0. The fourth-order valence-corrected chi connectivity index (χ4v) is 2.09. The van der Waals surface area contributed by atoms with Gasteiger partial charge in [-0.05, 0) is 6.07 Å². The van der Waals surface area contributed by atoms with Crippen LogP contribution in [0.15, 0.2) is 10.6 Å². The van der Waals surface area contributed by atoms with Crippen molar-refractivity contribution in [2.45, 2.75) is 13.5 Å². The minimum absolute atomic E-state index is 0.344. The second-order valence-corrected chi connectivity index (χ2v) is 4.39. The van der Waals surface area contributed by atoms with Crippen molar-refractivity contribution in [3.8, 4) is 0 Å². The fourth-order valence-electron chi connectivity index (χ4n) is 1.26. The number of aryl methyl sites for hydroxylation is 1. The van der Waals surface area contributed by atoms with Gasteiger partial charge in [0.2, 0.25) is 5.89 Å². The summed E-state index contributed by atoms with van der Waals surface area (Å²) in [5.74, 6) is 0.511. The molecule has 0 saturated heterocycles. The highest BCUT2D eigenvalue weighted by Gasteiger charge is 2.11. The zero-order valence-corrected chi connectivity index (χ0v) is 9.87. The van der Waals surface area contributed by atoms with Gasteiger partial charge in [-0.25, -0.2) is 0 Å². The van der Waals surface area contributed by atoms with Gasteiger partial charge in [0.05, 0.1) is 17.2 Å². The van der Waals surface area contributed by atoms with E-state index in [1.54, 1.807) is 13.0 Å². The zero-order valence-electron chi connectivity index (χ0n) is 9.06. The van der Waals surface area contributed by atoms with Crippen molar-refractivity contribution in [2.24, 2.45) is 5.73 Å². The molecule has 90 valence electrons. The van der Waals surface area contributed by atoms with Crippen LogP contribution < -0.4 is 16.8 Å². The first kappa shape index (κ1) is 11.4. The van der Waals surface area contributed by atoms with Gasteiger partial charge in [-0.3, -0.25) is 4.79 Å². The fraction of sp³-hybridized carbons (Fsp3) is 0.222. The molecule has 2 aromatic rings. The highest BCUT2D eigenvalue weighted by Crippen LogP contribution is 2.28. The van der Waals surface area contributed by atoms with Crippen molar-refractivity contribution in [1.29, 1.82) is 0 Å². The molecular weight excluding hydrogens is 242 g/mol. The lowest BCUT2D eigenvalue weighted by atomic mass is 10.4. The predicted octanol–water partition coefficient (Wildman–Crippen LogP) is 0.733. The zero-order chi connectivity index (χ0) is 12.4. The monoisotopic (exact) mass is 253 g/mol. The molecule has 0 fully saturated rings. The number of anilines is 2. The van der Waals surface area contributed by atoms with Crippen molar-refractivity contribution in [1.82, 2.24) is 10.1 Å². The van der Waals surface area contributed by atoms with Crippen LogP contribution in [0.1, 0.15) is 21.4 Å². The summed E-state index contributed by atoms with van der Waals surface area (Å²) in [5, 5.41) is 7.50. The molecule has 0 atom stereocenters. The van der Waals surface area contributed by atoms with Gasteiger partial charge in [-0.15, -0.1) is 11.3 Å². The Balaban J connectivity index is 2.04. The van der Waals surface area contributed by atoms with E-state index in [0.29, 0.717) is 28.8 Å². The molecule has 2 rings (SSSR count). The van der Waals surface area contributed by atoms with Crippen molar-refractivity contribution in [3.63, 3.8) is 0 Å². The highest BCUT2D eigenvalue weighted by atomic mass is 32.1. The molecule has 0 aliphatic carbocycles. The van der Waals surface area contributed by atoms with E-state index in [4.69, 9.17) is 16.0 Å². The van der Waals surface area contributed by atoms with E-state index in [1.165, 1.54) is 11.3 Å². The number of nitrogens with two attached hydrogens (primary N) is 2. The Labute approximate surface area is 101 Å². The number of nitrogens with zero attached hydrogens (tertiary/aromatic N) is 2. The maximum atomic E-state index is 11.0. The van der Waals surface area contributed by atoms with E-state index in [9.17, 15) is 4.79 Å². The smallest absolute Gasteiger partial charge is 0.260 e. The molecule has 0 spiro atoms. The second kappa shape index (κ2) is 4.42. The molecule has 5 N–H and O–H groups in total. The number of primary amides is 1. The van der Waals surface area contributed by atoms with E-state index >= 15 is 0 Å². The molecule has 0 bridgehead atoms. The Hall–Kier alpha value is -2.09. The topological polar surface area (TPSA) is 120 Å². The van der Waals surface area contributed by atoms with Crippen LogP contribution in [-0.4, -0.2) is 16.0 Å². The molecule has 1 amide bonds. The van der Waals surface area contributed by atoms with E-state index in [-0.39, 0.29) is 0 Å². The standard InChI is InChI=1S/C9H11N5O2S/c1-4-13-6(14-16-4)3-12-7-2-5(10)8(17-7)9(11)15/h2,12H,3,10H2,1H3,(H2,11,15). The lowest BCUT2D eigenvalue weighted by Crippen LogP contribution is -2.10. The molecule has 0 unspecified atom stereocenters. The number of thiophene rings is 1. The van der Waals surface area contributed by atoms with E-state index < -0.39 is 5.91 Å². The number of aromatic nitrogens is 2. The Morgan fingerprint density at radius 2 is 2.41 bits per heavy atom. The first-order valence-electron chi connectivity index (χ1n) is 4.78. The van der Waals surface area contributed by atoms with E-state index in [2.05, 4.69) is 15.5 Å². The molecule has 0 radical (unpaired) electrons. The number of hydrogen-bond acceptors (Lipinski definition) is 7. The summed E-state index contributed by atoms with van der Waals surface area (Å²) < 4.78 is 4.82. The molecule has 8 heteroatoms. The van der Waals surface area contributed by atoms with Crippen LogP contribution in [0.2, 0.25) is 0 Å². The quantitative estimate of drug-likeness (QED) is 0.738. The summed E-state index contributed by atoms with van der Waals surface area (Å²) in [4.78, 5) is 15.4. The summed E-state index contributed by atoms with van der Waals surface area (Å²) in [6, 6.07) is 1.65. The molecule has 0 aromatic carbocycles. The Morgan fingerprint density at radius 3 is 2.94 bits per heavy atom. The minimum Gasteiger partial charge on any atom is -0.397 e. The third kappa shape index (κ3) is 2.53. The predicted molar refractivity (Wildman–Crippen MR) is 63.6 cm³/mol. The third-order valence-electron chi connectivity index (χ3n) is 1.97. The first-order valence-corrected chi connectivity index (χ1v) is 5.60. The molecular formula is C9H11N5O2S. The Bertz CT molecular complexity index is 547. The number of nitrogen functional groups attached to an aromatic ring is 1. The largest absolute Gasteiger partial charge is 0.397 e. The summed E-state index contributed by atoms with van der Waals surface area (Å²) >= 11 is 1.20. The minimum atomic E-state index is -0.532. The number of hydrogen-bond donors (Lipinski definition) is 3. The molecule has 7 nitrogen and oxygen atoms in total. The number of carbonyl (C=O) groups excluding carboxylic acids is 1. The Kier molecular flexibility index (Phi) is 2.96. The average Bonchev–Trinajstić information content (AvgIpc) is 2.82. The molecule has 17 heavy (non-hydrogen) atoms. The molecule has 0 aliphatic heterocycles. The van der Waals surface area contributed by atoms with Crippen molar-refractivity contribution >= 4 is 27.9 Å². The van der Waals surface area contributed by atoms with Crippen LogP contribution >= 0.6 is 11.3 Å². The van der Waals surface area contributed by atoms with Crippen molar-refractivity contribution in [2.75, 3.05) is 11.1 Å². The van der Waals surface area contributed by atoms with Gasteiger partial charge in [0.15, 0.2) is 5.82 Å². The molecule has 2 heterocycles. The summed E-state index contributed by atoms with van der Waals surface area (Å²) in [5.41, 5.74) is 11.2. The SMILES string of the molecule is Cc1nc(CNc2cc(N)c(C(N)=O)s2)no1. The summed E-state index contributed by atoms with van der Waals surface area (Å²) in [6.07, 6.45) is 0. The van der Waals surface area contributed by atoms with Gasteiger partial charge in [-0.2, -0.15) is 4.98 Å². The summed E-state index contributed by atoms with van der Waals surface area (Å²) in [6.45, 7) is 2.11. The normalized spacial score (nSPS) is 10.4. The molecule has 2 aromatic heterocycles. The van der Waals surface area contributed by atoms with Crippen molar-refractivity contribution in [3.05, 3.63) is 22.7 Å². The van der Waals surface area contributed by atoms with E-state index in [0.717, 1.165) is 5.00 Å². The number of nitrogens with one attached hydrogen (secondary N) is 1. The van der Waals surface area contributed by atoms with Gasteiger partial charge in [0.25, 0.3) is 5.91 Å². The van der Waals surface area contributed by atoms with Crippen LogP contribution in [0.25, 0.3) is 0 Å². The Morgan fingerprint density at radius 1 is 1.65 bits per heavy atom. The van der Waals surface area contributed by atoms with Gasteiger partial charge in [0.1, 0.15) is 4.88 Å². The van der Waals surface area contributed by atoms with Gasteiger partial charge < -0.3 is 21.3 Å². The first-order chi connectivity index (χ1) is 8.06. The lowest BCUT2D eigenvalue weighted by molar-refractivity contribution is 0.100. The highest BCUT2D eigenvalue weighted by molar-refractivity contribution is 7.18. The number of carbonyl (C=O) groups is 1. The third-order valence-corrected chi connectivity index (χ3v) is 3.10. The van der Waals surface area contributed by atoms with E-state index in [1.807, 2.05) is 0 Å². The average molecular weight is 253 g/mol. The van der Waals surface area contributed by atoms with Crippen LogP contribution in [0, 0.1) is 6.92 Å². The number of amides is 1. The molecule has 0 saturated carbocycles. The lowest BCUT2D eigenvalue weighted by Gasteiger charge is -1.97. The van der Waals surface area contributed by atoms with Crippen LogP contribution in [0.5, 0.6) is 0 Å². The summed E-state index contributed by atoms with van der Waals surface area (Å²) in [7, 11) is 0. The number of rotatable bonds is 4. The van der Waals surface area contributed by atoms with Gasteiger partial charge in [0, 0.05) is 6.92 Å². The van der Waals surface area contributed by atoms with Crippen LogP contribution in [-0.2, 0) is 6.54 Å². The molecule has 0 aliphatic rings. The van der Waals surface area contributed by atoms with Gasteiger partial charge >= 0.3 is 0 Å². The second-order valence-electron chi connectivity index (χ2n) is 3.34. The van der Waals surface area contributed by atoms with Crippen LogP contribution in [0.3, 0.4) is 0 Å². The van der Waals surface area contributed by atoms with Crippen LogP contribution in [0.4, 0.5) is 10.7 Å². The maximum Gasteiger partial charge on any atom is 0.260 e. The van der Waals surface area contributed by atoms with Crippen molar-refractivity contribution < 1.29 is 9.32 Å².